The second kappa shape index (κ2) is 11.1. The zero-order valence-corrected chi connectivity index (χ0v) is 18.7. The summed E-state index contributed by atoms with van der Waals surface area (Å²) < 4.78 is 11.8. The number of aliphatic hydroxyl groups excluding tert-OH is 1. The van der Waals surface area contributed by atoms with Crippen LogP contribution in [-0.2, 0) is 24.6 Å². The molecule has 0 saturated heterocycles. The first kappa shape index (κ1) is 23.0. The summed E-state index contributed by atoms with van der Waals surface area (Å²) in [5.41, 5.74) is 4.12. The first-order valence-electron chi connectivity index (χ1n) is 10.7. The van der Waals surface area contributed by atoms with E-state index in [1.54, 1.807) is 0 Å². The van der Waals surface area contributed by atoms with Gasteiger partial charge in [-0.05, 0) is 55.2 Å². The van der Waals surface area contributed by atoms with Crippen molar-refractivity contribution < 1.29 is 14.6 Å². The second-order valence-electron chi connectivity index (χ2n) is 8.81. The molecular formula is C27H33NO3. The lowest BCUT2D eigenvalue weighted by Gasteiger charge is -2.23. The third-order valence-electron chi connectivity index (χ3n) is 4.85. The van der Waals surface area contributed by atoms with Crippen LogP contribution in [0.25, 0.3) is 0 Å². The SMILES string of the molecule is CC(C)(C)NC[C@H](O)c1cccc(COCc2cccc(OCc3ccccc3)c2)c1. The van der Waals surface area contributed by atoms with Crippen molar-refractivity contribution in [3.8, 4) is 5.75 Å². The van der Waals surface area contributed by atoms with E-state index in [0.29, 0.717) is 26.4 Å². The predicted octanol–water partition coefficient (Wildman–Crippen LogP) is 5.40. The van der Waals surface area contributed by atoms with Gasteiger partial charge in [0.05, 0.1) is 19.3 Å². The molecule has 1 atom stereocenters. The Balaban J connectivity index is 1.49. The molecule has 3 aromatic carbocycles. The highest BCUT2D eigenvalue weighted by Gasteiger charge is 2.13. The summed E-state index contributed by atoms with van der Waals surface area (Å²) in [5.74, 6) is 0.835. The molecule has 3 rings (SSSR count). The number of hydrogen-bond donors (Lipinski definition) is 2. The minimum absolute atomic E-state index is 0.0267. The van der Waals surface area contributed by atoms with Crippen LogP contribution in [-0.4, -0.2) is 17.2 Å². The molecule has 164 valence electrons. The van der Waals surface area contributed by atoms with Crippen LogP contribution < -0.4 is 10.1 Å². The highest BCUT2D eigenvalue weighted by Crippen LogP contribution is 2.18. The molecule has 2 N–H and O–H groups in total. The molecule has 0 fully saturated rings. The van der Waals surface area contributed by atoms with E-state index in [-0.39, 0.29) is 5.54 Å². The molecule has 4 heteroatoms. The van der Waals surface area contributed by atoms with E-state index >= 15 is 0 Å². The van der Waals surface area contributed by atoms with E-state index in [9.17, 15) is 5.11 Å². The molecule has 0 radical (unpaired) electrons. The molecule has 0 aromatic heterocycles. The molecule has 0 saturated carbocycles. The fourth-order valence-electron chi connectivity index (χ4n) is 3.16. The third kappa shape index (κ3) is 8.18. The van der Waals surface area contributed by atoms with Crippen LogP contribution in [0.4, 0.5) is 0 Å². The summed E-state index contributed by atoms with van der Waals surface area (Å²) in [6.45, 7) is 8.32. The second-order valence-corrected chi connectivity index (χ2v) is 8.81. The summed E-state index contributed by atoms with van der Waals surface area (Å²) in [6, 6.07) is 26.1. The van der Waals surface area contributed by atoms with Crippen LogP contribution in [0.3, 0.4) is 0 Å². The van der Waals surface area contributed by atoms with E-state index in [2.05, 4.69) is 38.2 Å². The van der Waals surface area contributed by atoms with Gasteiger partial charge >= 0.3 is 0 Å². The summed E-state index contributed by atoms with van der Waals surface area (Å²) >= 11 is 0. The standard InChI is InChI=1S/C27H33NO3/c1-27(2,3)28-17-26(29)24-13-7-11-22(15-24)18-30-19-23-12-8-14-25(16-23)31-20-21-9-5-4-6-10-21/h4-16,26,28-29H,17-20H2,1-3H3/t26-/m0/s1. The lowest BCUT2D eigenvalue weighted by Crippen LogP contribution is -2.38. The van der Waals surface area contributed by atoms with E-state index in [0.717, 1.165) is 28.0 Å². The molecule has 0 aliphatic heterocycles. The van der Waals surface area contributed by atoms with Gasteiger partial charge in [0.1, 0.15) is 12.4 Å². The molecular weight excluding hydrogens is 386 g/mol. The van der Waals surface area contributed by atoms with Gasteiger partial charge in [0.15, 0.2) is 0 Å². The van der Waals surface area contributed by atoms with Gasteiger partial charge < -0.3 is 19.9 Å². The molecule has 4 nitrogen and oxygen atoms in total. The average molecular weight is 420 g/mol. The zero-order chi connectivity index (χ0) is 22.1. The van der Waals surface area contributed by atoms with Crippen LogP contribution in [0.1, 0.15) is 49.1 Å². The maximum atomic E-state index is 10.5. The Morgan fingerprint density at radius 3 is 2.13 bits per heavy atom. The Bertz CT molecular complexity index is 934. The summed E-state index contributed by atoms with van der Waals surface area (Å²) in [4.78, 5) is 0. The quantitative estimate of drug-likeness (QED) is 0.462. The first-order valence-corrected chi connectivity index (χ1v) is 10.7. The molecule has 0 unspecified atom stereocenters. The number of nitrogens with one attached hydrogen (secondary N) is 1. The molecule has 0 aliphatic carbocycles. The topological polar surface area (TPSA) is 50.7 Å². The maximum absolute atomic E-state index is 10.5. The molecule has 0 spiro atoms. The Hall–Kier alpha value is -2.66. The summed E-state index contributed by atoms with van der Waals surface area (Å²) in [7, 11) is 0. The smallest absolute Gasteiger partial charge is 0.120 e. The number of rotatable bonds is 10. The van der Waals surface area contributed by atoms with E-state index < -0.39 is 6.10 Å². The van der Waals surface area contributed by atoms with Crippen molar-refractivity contribution in [3.05, 3.63) is 101 Å². The molecule has 0 amide bonds. The van der Waals surface area contributed by atoms with Crippen molar-refractivity contribution in [3.63, 3.8) is 0 Å². The first-order chi connectivity index (χ1) is 14.9. The van der Waals surface area contributed by atoms with Gasteiger partial charge in [-0.2, -0.15) is 0 Å². The van der Waals surface area contributed by atoms with Crippen LogP contribution in [0.5, 0.6) is 5.75 Å². The molecule has 31 heavy (non-hydrogen) atoms. The van der Waals surface area contributed by atoms with Gasteiger partial charge in [0, 0.05) is 12.1 Å². The van der Waals surface area contributed by atoms with Gasteiger partial charge in [0.2, 0.25) is 0 Å². The van der Waals surface area contributed by atoms with E-state index in [1.807, 2.05) is 66.7 Å². The fourth-order valence-corrected chi connectivity index (χ4v) is 3.16. The maximum Gasteiger partial charge on any atom is 0.120 e. The van der Waals surface area contributed by atoms with Crippen LogP contribution in [0.15, 0.2) is 78.9 Å². The Morgan fingerprint density at radius 1 is 0.774 bits per heavy atom. The van der Waals surface area contributed by atoms with Crippen molar-refractivity contribution in [2.75, 3.05) is 6.54 Å². The van der Waals surface area contributed by atoms with Gasteiger partial charge in [-0.3, -0.25) is 0 Å². The van der Waals surface area contributed by atoms with Crippen LogP contribution >= 0.6 is 0 Å². The highest BCUT2D eigenvalue weighted by atomic mass is 16.5. The molecule has 3 aromatic rings. The molecule has 0 heterocycles. The van der Waals surface area contributed by atoms with Crippen molar-refractivity contribution in [2.24, 2.45) is 0 Å². The number of β-amino-alcohol motifs (C(OH)–C–C–N with tert-alkyl or cyclic N) is 1. The Labute approximate surface area is 185 Å². The van der Waals surface area contributed by atoms with Crippen LogP contribution in [0.2, 0.25) is 0 Å². The monoisotopic (exact) mass is 419 g/mol. The van der Waals surface area contributed by atoms with Crippen molar-refractivity contribution in [2.45, 2.75) is 52.2 Å². The predicted molar refractivity (Wildman–Crippen MR) is 125 cm³/mol. The number of ether oxygens (including phenoxy) is 2. The number of benzene rings is 3. The zero-order valence-electron chi connectivity index (χ0n) is 18.7. The van der Waals surface area contributed by atoms with Gasteiger partial charge in [0.25, 0.3) is 0 Å². The lowest BCUT2D eigenvalue weighted by atomic mass is 10.0. The van der Waals surface area contributed by atoms with Gasteiger partial charge in [-0.15, -0.1) is 0 Å². The average Bonchev–Trinajstić information content (AvgIpc) is 2.77. The minimum atomic E-state index is -0.544. The summed E-state index contributed by atoms with van der Waals surface area (Å²) in [6.07, 6.45) is -0.544. The van der Waals surface area contributed by atoms with Crippen molar-refractivity contribution in [1.82, 2.24) is 5.32 Å². The molecule has 0 bridgehead atoms. The van der Waals surface area contributed by atoms with Gasteiger partial charge in [-0.25, -0.2) is 0 Å². The Morgan fingerprint density at radius 2 is 1.42 bits per heavy atom. The van der Waals surface area contributed by atoms with Crippen molar-refractivity contribution >= 4 is 0 Å². The lowest BCUT2D eigenvalue weighted by molar-refractivity contribution is 0.106. The largest absolute Gasteiger partial charge is 0.489 e. The van der Waals surface area contributed by atoms with Gasteiger partial charge in [-0.1, -0.05) is 66.7 Å². The highest BCUT2D eigenvalue weighted by molar-refractivity contribution is 5.29. The Kier molecular flexibility index (Phi) is 8.24. The van der Waals surface area contributed by atoms with Crippen molar-refractivity contribution in [1.29, 1.82) is 0 Å². The number of aliphatic hydroxyl groups is 1. The van der Waals surface area contributed by atoms with E-state index in [1.165, 1.54) is 0 Å². The minimum Gasteiger partial charge on any atom is -0.489 e. The number of hydrogen-bond acceptors (Lipinski definition) is 4. The third-order valence-corrected chi connectivity index (χ3v) is 4.85. The van der Waals surface area contributed by atoms with E-state index in [4.69, 9.17) is 9.47 Å². The fraction of sp³-hybridized carbons (Fsp3) is 0.333. The normalized spacial score (nSPS) is 12.5. The van der Waals surface area contributed by atoms with Crippen LogP contribution in [0, 0.1) is 0 Å². The molecule has 0 aliphatic rings. The summed E-state index contributed by atoms with van der Waals surface area (Å²) in [5, 5.41) is 13.8.